The number of benzene rings is 6. The average Bonchev–Trinajstić information content (AvgIpc) is 3.54. The van der Waals surface area contributed by atoms with Crippen molar-refractivity contribution in [3.63, 3.8) is 0 Å². The Kier molecular flexibility index (Phi) is 4.55. The van der Waals surface area contributed by atoms with E-state index >= 15 is 0 Å². The van der Waals surface area contributed by atoms with Gasteiger partial charge in [0.05, 0.1) is 11.0 Å². The van der Waals surface area contributed by atoms with Crippen LogP contribution in [0.4, 0.5) is 0 Å². The van der Waals surface area contributed by atoms with Crippen LogP contribution in [0.25, 0.3) is 71.7 Å². The van der Waals surface area contributed by atoms with Crippen molar-refractivity contribution >= 4 is 43.7 Å². The van der Waals surface area contributed by atoms with Gasteiger partial charge in [-0.05, 0) is 35.4 Å². The van der Waals surface area contributed by atoms with Crippen molar-refractivity contribution in [2.24, 2.45) is 0 Å². The van der Waals surface area contributed by atoms with Crippen LogP contribution in [0.3, 0.4) is 0 Å². The van der Waals surface area contributed by atoms with Gasteiger partial charge in [0, 0.05) is 38.4 Å². The number of nitrogens with zero attached hydrogens (tertiary/aromatic N) is 1. The van der Waals surface area contributed by atoms with Gasteiger partial charge in [-0.2, -0.15) is 0 Å². The summed E-state index contributed by atoms with van der Waals surface area (Å²) in [5, 5.41) is 4.83. The Morgan fingerprint density at radius 1 is 0.368 bits per heavy atom. The first-order valence-electron chi connectivity index (χ1n) is 13.0. The lowest BCUT2D eigenvalue weighted by Gasteiger charge is -2.09. The molecule has 2 aromatic heterocycles. The summed E-state index contributed by atoms with van der Waals surface area (Å²) in [5.74, 6) is 0. The molecule has 0 aliphatic carbocycles. The molecule has 2 heteroatoms. The molecule has 2 nitrogen and oxygen atoms in total. The molecule has 6 aromatic carbocycles. The number of rotatable bonds is 3. The maximum absolute atomic E-state index is 6.64. The van der Waals surface area contributed by atoms with Crippen molar-refractivity contribution in [2.45, 2.75) is 0 Å². The molecule has 8 rings (SSSR count). The van der Waals surface area contributed by atoms with E-state index < -0.39 is 0 Å². The van der Waals surface area contributed by atoms with Crippen molar-refractivity contribution in [3.8, 4) is 27.9 Å². The van der Waals surface area contributed by atoms with E-state index in [1.54, 1.807) is 0 Å². The zero-order valence-corrected chi connectivity index (χ0v) is 20.6. The fraction of sp³-hybridized carbons (Fsp3) is 0. The van der Waals surface area contributed by atoms with E-state index in [1.165, 1.54) is 21.8 Å². The molecule has 0 amide bonds. The number of hydrogen-bond donors (Lipinski definition) is 0. The minimum Gasteiger partial charge on any atom is -0.455 e. The molecule has 0 atom stereocenters. The standard InChI is InChI=1S/C36H23NO/c1-2-10-24(11-3-1)27-14-8-16-31-32-17-9-15-28(36(32)38-35(27)31)25-20-22-26(23-21-25)37-33-18-6-4-12-29(33)30-13-5-7-19-34(30)37/h1-23H. The summed E-state index contributed by atoms with van der Waals surface area (Å²) in [4.78, 5) is 0. The third-order valence-corrected chi connectivity index (χ3v) is 7.63. The molecule has 0 fully saturated rings. The summed E-state index contributed by atoms with van der Waals surface area (Å²) in [6.45, 7) is 0. The van der Waals surface area contributed by atoms with Gasteiger partial charge < -0.3 is 8.98 Å². The summed E-state index contributed by atoms with van der Waals surface area (Å²) >= 11 is 0. The lowest BCUT2D eigenvalue weighted by molar-refractivity contribution is 0.671. The largest absolute Gasteiger partial charge is 0.455 e. The Hall–Kier alpha value is -5.08. The van der Waals surface area contributed by atoms with Crippen molar-refractivity contribution in [2.75, 3.05) is 0 Å². The molecule has 0 bridgehead atoms. The second-order valence-electron chi connectivity index (χ2n) is 9.75. The normalized spacial score (nSPS) is 11.7. The van der Waals surface area contributed by atoms with Gasteiger partial charge in [0.25, 0.3) is 0 Å². The Balaban J connectivity index is 1.29. The van der Waals surface area contributed by atoms with Gasteiger partial charge in [-0.25, -0.2) is 0 Å². The number of para-hydroxylation sites is 4. The van der Waals surface area contributed by atoms with Gasteiger partial charge in [-0.1, -0.05) is 115 Å². The summed E-state index contributed by atoms with van der Waals surface area (Å²) in [7, 11) is 0. The number of furan rings is 1. The molecule has 0 saturated carbocycles. The van der Waals surface area contributed by atoms with Crippen LogP contribution in [0.1, 0.15) is 0 Å². The molecule has 0 aliphatic rings. The minimum absolute atomic E-state index is 0.926. The van der Waals surface area contributed by atoms with Crippen LogP contribution >= 0.6 is 0 Å². The SMILES string of the molecule is c1ccc(-c2cccc3c2oc2c(-c4ccc(-n5c6ccccc6c6ccccc65)cc4)cccc23)cc1. The third kappa shape index (κ3) is 3.07. The molecule has 38 heavy (non-hydrogen) atoms. The number of fused-ring (bicyclic) bond motifs is 6. The van der Waals surface area contributed by atoms with Crippen LogP contribution in [0.5, 0.6) is 0 Å². The predicted molar refractivity (Wildman–Crippen MR) is 159 cm³/mol. The lowest BCUT2D eigenvalue weighted by atomic mass is 10.00. The fourth-order valence-corrected chi connectivity index (χ4v) is 5.88. The van der Waals surface area contributed by atoms with Crippen LogP contribution in [-0.2, 0) is 0 Å². The van der Waals surface area contributed by atoms with Gasteiger partial charge in [-0.15, -0.1) is 0 Å². The van der Waals surface area contributed by atoms with E-state index in [2.05, 4.69) is 138 Å². The fourth-order valence-electron chi connectivity index (χ4n) is 5.88. The van der Waals surface area contributed by atoms with Gasteiger partial charge in [0.2, 0.25) is 0 Å². The molecule has 178 valence electrons. The maximum atomic E-state index is 6.64. The zero-order chi connectivity index (χ0) is 25.1. The first-order valence-corrected chi connectivity index (χ1v) is 13.0. The van der Waals surface area contributed by atoms with Crippen LogP contribution in [0, 0.1) is 0 Å². The highest BCUT2D eigenvalue weighted by Crippen LogP contribution is 2.40. The van der Waals surface area contributed by atoms with Gasteiger partial charge in [-0.3, -0.25) is 0 Å². The van der Waals surface area contributed by atoms with E-state index in [0.717, 1.165) is 49.9 Å². The van der Waals surface area contributed by atoms with E-state index in [-0.39, 0.29) is 0 Å². The first kappa shape index (κ1) is 21.0. The van der Waals surface area contributed by atoms with Crippen LogP contribution < -0.4 is 0 Å². The monoisotopic (exact) mass is 485 g/mol. The molecule has 0 spiro atoms. The van der Waals surface area contributed by atoms with Crippen LogP contribution in [0.15, 0.2) is 144 Å². The molecule has 0 radical (unpaired) electrons. The Morgan fingerprint density at radius 3 is 1.42 bits per heavy atom. The van der Waals surface area contributed by atoms with Crippen molar-refractivity contribution in [3.05, 3.63) is 140 Å². The highest BCUT2D eigenvalue weighted by molar-refractivity contribution is 6.13. The first-order chi connectivity index (χ1) is 18.9. The Bertz CT molecular complexity index is 2060. The molecule has 0 unspecified atom stereocenters. The molecule has 2 heterocycles. The van der Waals surface area contributed by atoms with Crippen molar-refractivity contribution in [1.29, 1.82) is 0 Å². The van der Waals surface area contributed by atoms with Crippen molar-refractivity contribution < 1.29 is 4.42 Å². The average molecular weight is 486 g/mol. The minimum atomic E-state index is 0.926. The van der Waals surface area contributed by atoms with E-state index in [4.69, 9.17) is 4.42 Å². The summed E-state index contributed by atoms with van der Waals surface area (Å²) in [5.41, 5.74) is 9.96. The highest BCUT2D eigenvalue weighted by atomic mass is 16.3. The lowest BCUT2D eigenvalue weighted by Crippen LogP contribution is -1.93. The summed E-state index contributed by atoms with van der Waals surface area (Å²) in [6, 6.07) is 49.4. The Morgan fingerprint density at radius 2 is 0.842 bits per heavy atom. The van der Waals surface area contributed by atoms with Crippen LogP contribution in [0.2, 0.25) is 0 Å². The molecular weight excluding hydrogens is 462 g/mol. The molecule has 0 aliphatic heterocycles. The summed E-state index contributed by atoms with van der Waals surface area (Å²) in [6.07, 6.45) is 0. The number of aromatic nitrogens is 1. The van der Waals surface area contributed by atoms with Gasteiger partial charge in [0.1, 0.15) is 11.2 Å². The van der Waals surface area contributed by atoms with E-state index in [9.17, 15) is 0 Å². The smallest absolute Gasteiger partial charge is 0.143 e. The predicted octanol–water partition coefficient (Wildman–Crippen LogP) is 10.0. The van der Waals surface area contributed by atoms with Crippen molar-refractivity contribution in [1.82, 2.24) is 4.57 Å². The second kappa shape index (κ2) is 8.22. The third-order valence-electron chi connectivity index (χ3n) is 7.63. The van der Waals surface area contributed by atoms with E-state index in [1.807, 2.05) is 6.07 Å². The van der Waals surface area contributed by atoms with Gasteiger partial charge >= 0.3 is 0 Å². The second-order valence-corrected chi connectivity index (χ2v) is 9.75. The molecule has 8 aromatic rings. The maximum Gasteiger partial charge on any atom is 0.143 e. The quantitative estimate of drug-likeness (QED) is 0.243. The summed E-state index contributed by atoms with van der Waals surface area (Å²) < 4.78 is 8.99. The molecule has 0 saturated heterocycles. The van der Waals surface area contributed by atoms with Gasteiger partial charge in [0.15, 0.2) is 0 Å². The number of hydrogen-bond acceptors (Lipinski definition) is 1. The topological polar surface area (TPSA) is 18.1 Å². The molecule has 0 N–H and O–H groups in total. The van der Waals surface area contributed by atoms with E-state index in [0.29, 0.717) is 0 Å². The zero-order valence-electron chi connectivity index (χ0n) is 20.6. The molecular formula is C36H23NO. The highest BCUT2D eigenvalue weighted by Gasteiger charge is 2.16. The Labute approximate surface area is 220 Å². The van der Waals surface area contributed by atoms with Crippen LogP contribution in [-0.4, -0.2) is 4.57 Å².